The molecule has 3 N–H and O–H groups in total. The molecule has 2 aromatic rings. The molecule has 1 aromatic heterocycles. The highest BCUT2D eigenvalue weighted by molar-refractivity contribution is 5.44. The molecule has 0 bridgehead atoms. The number of hydrogen-bond donors (Lipinski definition) is 3. The molecule has 0 aliphatic rings. The number of benzene rings is 1. The Kier molecular flexibility index (Phi) is 4.53. The largest absolute Gasteiger partial charge is 0.394 e. The molecule has 2 rings (SSSR count). The van der Waals surface area contributed by atoms with Crippen LogP contribution < -0.4 is 10.6 Å². The number of aliphatic hydroxyl groups is 1. The lowest BCUT2D eigenvalue weighted by atomic mass is 9.93. The molecule has 0 spiro atoms. The van der Waals surface area contributed by atoms with Crippen molar-refractivity contribution in [2.45, 2.75) is 19.4 Å². The molecule has 0 amide bonds. The predicted octanol–water partition coefficient (Wildman–Crippen LogP) is 2.23. The Morgan fingerprint density at radius 2 is 1.95 bits per heavy atom. The summed E-state index contributed by atoms with van der Waals surface area (Å²) in [5.41, 5.74) is 0.421. The van der Waals surface area contributed by atoms with E-state index in [1.165, 1.54) is 0 Å². The first-order valence-corrected chi connectivity index (χ1v) is 6.69. The van der Waals surface area contributed by atoms with Gasteiger partial charge in [0.25, 0.3) is 0 Å². The third-order valence-electron chi connectivity index (χ3n) is 3.12. The Morgan fingerprint density at radius 1 is 1.20 bits per heavy atom. The van der Waals surface area contributed by atoms with E-state index in [4.69, 9.17) is 0 Å². The van der Waals surface area contributed by atoms with Gasteiger partial charge >= 0.3 is 0 Å². The summed E-state index contributed by atoms with van der Waals surface area (Å²) in [6.45, 7) is 4.67. The van der Waals surface area contributed by atoms with Gasteiger partial charge in [-0.25, -0.2) is 4.98 Å². The summed E-state index contributed by atoms with van der Waals surface area (Å²) in [4.78, 5) is 8.51. The van der Waals surface area contributed by atoms with Crippen LogP contribution in [0.1, 0.15) is 19.4 Å². The minimum absolute atomic E-state index is 0.0302. The average Bonchev–Trinajstić information content (AvgIpc) is 2.49. The van der Waals surface area contributed by atoms with Gasteiger partial charge in [0, 0.05) is 12.7 Å². The highest BCUT2D eigenvalue weighted by Crippen LogP contribution is 2.24. The number of anilines is 2. The van der Waals surface area contributed by atoms with Crippen molar-refractivity contribution in [3.8, 4) is 0 Å². The fraction of sp³-hybridized carbons (Fsp3) is 0.333. The number of hydrogen-bond acceptors (Lipinski definition) is 5. The third-order valence-corrected chi connectivity index (χ3v) is 3.12. The summed E-state index contributed by atoms with van der Waals surface area (Å²) in [7, 11) is 0. The smallest absolute Gasteiger partial charge is 0.224 e. The molecule has 0 aliphatic heterocycles. The predicted molar refractivity (Wildman–Crippen MR) is 80.7 cm³/mol. The zero-order valence-electron chi connectivity index (χ0n) is 11.8. The number of rotatable bonds is 6. The second-order valence-corrected chi connectivity index (χ2v) is 4.78. The van der Waals surface area contributed by atoms with E-state index in [1.54, 1.807) is 12.3 Å². The van der Waals surface area contributed by atoms with Crippen LogP contribution in [-0.4, -0.2) is 28.2 Å². The summed E-state index contributed by atoms with van der Waals surface area (Å²) < 4.78 is 0. The van der Waals surface area contributed by atoms with Crippen LogP contribution in [0.25, 0.3) is 0 Å². The first-order chi connectivity index (χ1) is 9.68. The standard InChI is InChI=1S/C15H20N4O/c1-3-16-14-17-10-9-13(18-14)19-15(2,11-20)12-7-5-4-6-8-12/h4-10,20H,3,11H2,1-2H3,(H2,16,17,18,19). The first kappa shape index (κ1) is 14.3. The van der Waals surface area contributed by atoms with E-state index in [0.717, 1.165) is 12.1 Å². The fourth-order valence-corrected chi connectivity index (χ4v) is 1.96. The highest BCUT2D eigenvalue weighted by Gasteiger charge is 2.25. The molecular formula is C15H20N4O. The van der Waals surface area contributed by atoms with E-state index in [9.17, 15) is 5.11 Å². The van der Waals surface area contributed by atoms with Crippen LogP contribution in [0.15, 0.2) is 42.6 Å². The lowest BCUT2D eigenvalue weighted by Gasteiger charge is -2.30. The molecule has 1 aromatic carbocycles. The Labute approximate surface area is 119 Å². The highest BCUT2D eigenvalue weighted by atomic mass is 16.3. The Balaban J connectivity index is 2.24. The SMILES string of the molecule is CCNc1nccc(NC(C)(CO)c2ccccc2)n1. The zero-order chi connectivity index (χ0) is 14.4. The van der Waals surface area contributed by atoms with Crippen LogP contribution in [-0.2, 0) is 5.54 Å². The van der Waals surface area contributed by atoms with Crippen molar-refractivity contribution >= 4 is 11.8 Å². The van der Waals surface area contributed by atoms with Crippen LogP contribution in [0, 0.1) is 0 Å². The maximum absolute atomic E-state index is 9.75. The molecule has 1 unspecified atom stereocenters. The molecule has 0 radical (unpaired) electrons. The van der Waals surface area contributed by atoms with E-state index >= 15 is 0 Å². The van der Waals surface area contributed by atoms with E-state index < -0.39 is 5.54 Å². The van der Waals surface area contributed by atoms with Gasteiger partial charge in [0.1, 0.15) is 5.82 Å². The number of aliphatic hydroxyl groups excluding tert-OH is 1. The first-order valence-electron chi connectivity index (χ1n) is 6.69. The Morgan fingerprint density at radius 3 is 2.60 bits per heavy atom. The van der Waals surface area contributed by atoms with Crippen molar-refractivity contribution in [2.24, 2.45) is 0 Å². The second kappa shape index (κ2) is 6.34. The minimum Gasteiger partial charge on any atom is -0.394 e. The van der Waals surface area contributed by atoms with Gasteiger partial charge in [-0.15, -0.1) is 0 Å². The molecule has 106 valence electrons. The molecule has 5 heteroatoms. The van der Waals surface area contributed by atoms with Crippen molar-refractivity contribution in [2.75, 3.05) is 23.8 Å². The maximum atomic E-state index is 9.75. The molecule has 5 nitrogen and oxygen atoms in total. The molecule has 0 fully saturated rings. The van der Waals surface area contributed by atoms with Crippen molar-refractivity contribution in [3.05, 3.63) is 48.2 Å². The van der Waals surface area contributed by atoms with Gasteiger partial charge in [-0.1, -0.05) is 30.3 Å². The van der Waals surface area contributed by atoms with Gasteiger partial charge in [-0.05, 0) is 25.5 Å². The van der Waals surface area contributed by atoms with Crippen LogP contribution in [0.4, 0.5) is 11.8 Å². The van der Waals surface area contributed by atoms with Gasteiger partial charge < -0.3 is 15.7 Å². The summed E-state index contributed by atoms with van der Waals surface area (Å²) in [5.74, 6) is 1.25. The van der Waals surface area contributed by atoms with Crippen LogP contribution >= 0.6 is 0 Å². The van der Waals surface area contributed by atoms with Gasteiger partial charge in [0.15, 0.2) is 0 Å². The van der Waals surface area contributed by atoms with Crippen molar-refractivity contribution in [3.63, 3.8) is 0 Å². The Hall–Kier alpha value is -2.14. The lowest BCUT2D eigenvalue weighted by Crippen LogP contribution is -2.36. The van der Waals surface area contributed by atoms with Crippen molar-refractivity contribution < 1.29 is 5.11 Å². The summed E-state index contributed by atoms with van der Waals surface area (Å²) in [6, 6.07) is 11.6. The molecule has 0 aliphatic carbocycles. The fourth-order valence-electron chi connectivity index (χ4n) is 1.96. The topological polar surface area (TPSA) is 70.1 Å². The van der Waals surface area contributed by atoms with Crippen LogP contribution in [0.3, 0.4) is 0 Å². The Bertz CT molecular complexity index is 547. The van der Waals surface area contributed by atoms with Gasteiger partial charge in [0.05, 0.1) is 12.1 Å². The van der Waals surface area contributed by atoms with Crippen molar-refractivity contribution in [1.82, 2.24) is 9.97 Å². The third kappa shape index (κ3) is 3.24. The number of aromatic nitrogens is 2. The number of nitrogens with zero attached hydrogens (tertiary/aromatic N) is 2. The monoisotopic (exact) mass is 272 g/mol. The second-order valence-electron chi connectivity index (χ2n) is 4.78. The lowest BCUT2D eigenvalue weighted by molar-refractivity contribution is 0.223. The molecule has 20 heavy (non-hydrogen) atoms. The number of nitrogens with one attached hydrogen (secondary N) is 2. The molecule has 0 saturated heterocycles. The van der Waals surface area contributed by atoms with E-state index in [-0.39, 0.29) is 6.61 Å². The summed E-state index contributed by atoms with van der Waals surface area (Å²) in [6.07, 6.45) is 1.69. The summed E-state index contributed by atoms with van der Waals surface area (Å²) in [5, 5.41) is 16.1. The van der Waals surface area contributed by atoms with E-state index in [0.29, 0.717) is 11.8 Å². The normalized spacial score (nSPS) is 13.6. The summed E-state index contributed by atoms with van der Waals surface area (Å²) >= 11 is 0. The molecule has 1 atom stereocenters. The van der Waals surface area contributed by atoms with E-state index in [2.05, 4.69) is 20.6 Å². The quantitative estimate of drug-likeness (QED) is 0.752. The maximum Gasteiger partial charge on any atom is 0.224 e. The molecule has 0 saturated carbocycles. The molecule has 1 heterocycles. The van der Waals surface area contributed by atoms with Crippen LogP contribution in [0.5, 0.6) is 0 Å². The van der Waals surface area contributed by atoms with Gasteiger partial charge in [0.2, 0.25) is 5.95 Å². The molecular weight excluding hydrogens is 252 g/mol. The van der Waals surface area contributed by atoms with Crippen molar-refractivity contribution in [1.29, 1.82) is 0 Å². The van der Waals surface area contributed by atoms with Gasteiger partial charge in [-0.2, -0.15) is 4.98 Å². The van der Waals surface area contributed by atoms with E-state index in [1.807, 2.05) is 44.2 Å². The van der Waals surface area contributed by atoms with Gasteiger partial charge in [-0.3, -0.25) is 0 Å². The average molecular weight is 272 g/mol. The zero-order valence-corrected chi connectivity index (χ0v) is 11.8. The minimum atomic E-state index is -0.584. The van der Waals surface area contributed by atoms with Crippen LogP contribution in [0.2, 0.25) is 0 Å².